The highest BCUT2D eigenvalue weighted by molar-refractivity contribution is 5.85. The molecule has 0 aliphatic carbocycles. The molecule has 1 amide bonds. The average Bonchev–Trinajstić information content (AvgIpc) is 2.84. The van der Waals surface area contributed by atoms with Crippen molar-refractivity contribution >= 4 is 18.3 Å². The van der Waals surface area contributed by atoms with Crippen LogP contribution in [0.4, 0.5) is 0 Å². The lowest BCUT2D eigenvalue weighted by molar-refractivity contribution is -0.128. The molecule has 3 rings (SSSR count). The Kier molecular flexibility index (Phi) is 4.66. The fourth-order valence-electron chi connectivity index (χ4n) is 2.60. The highest BCUT2D eigenvalue weighted by Crippen LogP contribution is 2.28. The highest BCUT2D eigenvalue weighted by atomic mass is 35.5. The number of nitrogens with one attached hydrogen (secondary N) is 2. The van der Waals surface area contributed by atoms with Gasteiger partial charge in [-0.2, -0.15) is 0 Å². The van der Waals surface area contributed by atoms with Gasteiger partial charge in [-0.25, -0.2) is 0 Å². The van der Waals surface area contributed by atoms with Gasteiger partial charge in [-0.15, -0.1) is 12.4 Å². The Hall–Kier alpha value is -1.26. The van der Waals surface area contributed by atoms with Crippen LogP contribution in [0.2, 0.25) is 0 Å². The maximum atomic E-state index is 12.1. The third kappa shape index (κ3) is 3.19. The smallest absolute Gasteiger partial charge is 0.261 e. The molecule has 1 unspecified atom stereocenters. The first-order valence-corrected chi connectivity index (χ1v) is 6.58. The lowest BCUT2D eigenvalue weighted by atomic mass is 10.1. The van der Waals surface area contributed by atoms with E-state index in [0.717, 1.165) is 37.2 Å². The molecule has 0 aromatic heterocycles. The molecule has 4 nitrogen and oxygen atoms in total. The topological polar surface area (TPSA) is 50.4 Å². The number of fused-ring (bicyclic) bond motifs is 1. The first-order valence-electron chi connectivity index (χ1n) is 6.58. The summed E-state index contributed by atoms with van der Waals surface area (Å²) in [6.45, 7) is 1.92. The van der Waals surface area contributed by atoms with Gasteiger partial charge in [0.1, 0.15) is 5.75 Å². The normalized spacial score (nSPS) is 24.8. The number of carbonyl (C=O) groups excluding carboxylic acids is 1. The Morgan fingerprint density at radius 1 is 1.37 bits per heavy atom. The van der Waals surface area contributed by atoms with Crippen molar-refractivity contribution in [1.29, 1.82) is 0 Å². The molecule has 19 heavy (non-hydrogen) atoms. The summed E-state index contributed by atoms with van der Waals surface area (Å²) in [6.07, 6.45) is 2.50. The van der Waals surface area contributed by atoms with Crippen LogP contribution in [0.5, 0.6) is 5.75 Å². The van der Waals surface area contributed by atoms with E-state index in [0.29, 0.717) is 6.42 Å². The number of amides is 1. The molecule has 2 aliphatic heterocycles. The summed E-state index contributed by atoms with van der Waals surface area (Å²) in [4.78, 5) is 12.1. The minimum Gasteiger partial charge on any atom is -0.480 e. The van der Waals surface area contributed by atoms with Crippen LogP contribution in [0.3, 0.4) is 0 Å². The van der Waals surface area contributed by atoms with Crippen molar-refractivity contribution in [1.82, 2.24) is 10.6 Å². The van der Waals surface area contributed by atoms with Crippen molar-refractivity contribution in [2.75, 3.05) is 13.1 Å². The van der Waals surface area contributed by atoms with Crippen molar-refractivity contribution in [2.45, 2.75) is 31.4 Å². The van der Waals surface area contributed by atoms with Gasteiger partial charge in [0.05, 0.1) is 0 Å². The van der Waals surface area contributed by atoms with Crippen LogP contribution in [-0.2, 0) is 11.2 Å². The molecule has 2 heterocycles. The first-order chi connectivity index (χ1) is 8.83. The predicted molar refractivity (Wildman–Crippen MR) is 75.8 cm³/mol. The molecule has 1 aromatic carbocycles. The Balaban J connectivity index is 0.00000133. The summed E-state index contributed by atoms with van der Waals surface area (Å²) in [7, 11) is 0. The number of para-hydroxylation sites is 1. The van der Waals surface area contributed by atoms with Gasteiger partial charge in [0.15, 0.2) is 6.10 Å². The Morgan fingerprint density at radius 3 is 2.95 bits per heavy atom. The van der Waals surface area contributed by atoms with Crippen molar-refractivity contribution < 1.29 is 9.53 Å². The van der Waals surface area contributed by atoms with E-state index >= 15 is 0 Å². The predicted octanol–water partition coefficient (Wildman–Crippen LogP) is 1.28. The second kappa shape index (κ2) is 6.26. The molecule has 2 atom stereocenters. The molecule has 0 radical (unpaired) electrons. The van der Waals surface area contributed by atoms with E-state index in [1.807, 2.05) is 24.3 Å². The number of benzene rings is 1. The van der Waals surface area contributed by atoms with E-state index in [2.05, 4.69) is 10.6 Å². The van der Waals surface area contributed by atoms with Gasteiger partial charge in [0.25, 0.3) is 5.91 Å². The number of halogens is 1. The molecule has 0 saturated carbocycles. The van der Waals surface area contributed by atoms with Gasteiger partial charge in [0.2, 0.25) is 0 Å². The summed E-state index contributed by atoms with van der Waals surface area (Å²) in [5, 5.41) is 6.36. The van der Waals surface area contributed by atoms with Crippen LogP contribution in [0, 0.1) is 0 Å². The zero-order valence-electron chi connectivity index (χ0n) is 10.7. The zero-order chi connectivity index (χ0) is 12.4. The molecule has 2 aliphatic rings. The van der Waals surface area contributed by atoms with Crippen LogP contribution < -0.4 is 15.4 Å². The lowest BCUT2D eigenvalue weighted by Crippen LogP contribution is -2.49. The number of ether oxygens (including phenoxy) is 1. The van der Waals surface area contributed by atoms with E-state index in [-0.39, 0.29) is 30.5 Å². The average molecular weight is 283 g/mol. The summed E-state index contributed by atoms with van der Waals surface area (Å²) >= 11 is 0. The summed E-state index contributed by atoms with van der Waals surface area (Å²) < 4.78 is 5.68. The van der Waals surface area contributed by atoms with Gasteiger partial charge >= 0.3 is 0 Å². The SMILES string of the molecule is Cl.O=C(N[C@@H]1CCCNC1)C1Cc2ccccc2O1. The van der Waals surface area contributed by atoms with Crippen molar-refractivity contribution in [3.05, 3.63) is 29.8 Å². The summed E-state index contributed by atoms with van der Waals surface area (Å²) in [5.41, 5.74) is 1.12. The van der Waals surface area contributed by atoms with Crippen molar-refractivity contribution in [3.63, 3.8) is 0 Å². The van der Waals surface area contributed by atoms with Crippen molar-refractivity contribution in [2.24, 2.45) is 0 Å². The van der Waals surface area contributed by atoms with Gasteiger partial charge in [0, 0.05) is 19.0 Å². The largest absolute Gasteiger partial charge is 0.480 e. The van der Waals surface area contributed by atoms with Crippen LogP contribution in [-0.4, -0.2) is 31.1 Å². The van der Waals surface area contributed by atoms with Gasteiger partial charge in [-0.05, 0) is 31.0 Å². The molecular formula is C14H19ClN2O2. The van der Waals surface area contributed by atoms with E-state index < -0.39 is 0 Å². The molecule has 104 valence electrons. The number of piperidine rings is 1. The standard InChI is InChI=1S/C14H18N2O2.ClH/c17-14(16-11-5-3-7-15-9-11)13-8-10-4-1-2-6-12(10)18-13;/h1-2,4,6,11,13,15H,3,5,7-9H2,(H,16,17);1H/t11-,13?;/m1./s1. The number of hydrogen-bond acceptors (Lipinski definition) is 3. The van der Waals surface area contributed by atoms with Gasteiger partial charge in [-0.3, -0.25) is 4.79 Å². The third-order valence-corrected chi connectivity index (χ3v) is 3.58. The number of hydrogen-bond donors (Lipinski definition) is 2. The Morgan fingerprint density at radius 2 is 2.21 bits per heavy atom. The second-order valence-corrected chi connectivity index (χ2v) is 4.97. The third-order valence-electron chi connectivity index (χ3n) is 3.58. The van der Waals surface area contributed by atoms with Crippen LogP contribution in [0.25, 0.3) is 0 Å². The molecule has 1 fully saturated rings. The van der Waals surface area contributed by atoms with Crippen LogP contribution in [0.1, 0.15) is 18.4 Å². The lowest BCUT2D eigenvalue weighted by Gasteiger charge is -2.25. The van der Waals surface area contributed by atoms with E-state index in [1.165, 1.54) is 0 Å². The van der Waals surface area contributed by atoms with E-state index in [4.69, 9.17) is 4.74 Å². The number of rotatable bonds is 2. The van der Waals surface area contributed by atoms with E-state index in [1.54, 1.807) is 0 Å². The maximum Gasteiger partial charge on any atom is 0.261 e. The Bertz CT molecular complexity index is 422. The fraction of sp³-hybridized carbons (Fsp3) is 0.500. The van der Waals surface area contributed by atoms with Crippen molar-refractivity contribution in [3.8, 4) is 5.75 Å². The summed E-state index contributed by atoms with van der Waals surface area (Å²) in [6, 6.07) is 8.10. The van der Waals surface area contributed by atoms with Crippen LogP contribution in [0.15, 0.2) is 24.3 Å². The van der Waals surface area contributed by atoms with Gasteiger partial charge < -0.3 is 15.4 Å². The molecule has 0 spiro atoms. The minimum atomic E-state index is -0.357. The minimum absolute atomic E-state index is 0. The quantitative estimate of drug-likeness (QED) is 0.859. The molecule has 1 saturated heterocycles. The fourth-order valence-corrected chi connectivity index (χ4v) is 2.60. The highest BCUT2D eigenvalue weighted by Gasteiger charge is 2.30. The summed E-state index contributed by atoms with van der Waals surface area (Å²) in [5.74, 6) is 0.860. The molecular weight excluding hydrogens is 264 g/mol. The molecule has 1 aromatic rings. The molecule has 5 heteroatoms. The monoisotopic (exact) mass is 282 g/mol. The zero-order valence-corrected chi connectivity index (χ0v) is 11.5. The first kappa shape index (κ1) is 14.2. The maximum absolute atomic E-state index is 12.1. The number of carbonyl (C=O) groups is 1. The second-order valence-electron chi connectivity index (χ2n) is 4.97. The van der Waals surface area contributed by atoms with Gasteiger partial charge in [-0.1, -0.05) is 18.2 Å². The Labute approximate surface area is 119 Å². The van der Waals surface area contributed by atoms with Crippen LogP contribution >= 0.6 is 12.4 Å². The van der Waals surface area contributed by atoms with E-state index in [9.17, 15) is 4.79 Å². The molecule has 2 N–H and O–H groups in total. The molecule has 0 bridgehead atoms.